The Bertz CT molecular complexity index is 692. The summed E-state index contributed by atoms with van der Waals surface area (Å²) in [5.74, 6) is 1.35. The summed E-state index contributed by atoms with van der Waals surface area (Å²) in [6, 6.07) is 8.45. The lowest BCUT2D eigenvalue weighted by atomic mass is 9.85. The molecule has 1 heterocycles. The van der Waals surface area contributed by atoms with Crippen LogP contribution in [0.25, 0.3) is 10.9 Å². The standard InChI is InChI=1S/C18H23N3O/c1-12-6-7-15-11-13(2)17(21-16(15)10-12)19-8-9-20-18(22)14-4-3-5-14/h6-7,10-11,14H,3-5,8-9H2,1-2H3,(H,19,21)(H,20,22). The second kappa shape index (κ2) is 6.34. The quantitative estimate of drug-likeness (QED) is 0.833. The maximum absolute atomic E-state index is 11.8. The van der Waals surface area contributed by atoms with Crippen molar-refractivity contribution < 1.29 is 4.79 Å². The molecule has 1 saturated carbocycles. The number of benzene rings is 1. The molecule has 1 aromatic heterocycles. The van der Waals surface area contributed by atoms with Gasteiger partial charge in [-0.2, -0.15) is 0 Å². The molecule has 0 unspecified atom stereocenters. The van der Waals surface area contributed by atoms with Crippen molar-refractivity contribution in [2.45, 2.75) is 33.1 Å². The number of pyridine rings is 1. The average Bonchev–Trinajstić information content (AvgIpc) is 2.42. The Morgan fingerprint density at radius 1 is 1.23 bits per heavy atom. The minimum absolute atomic E-state index is 0.201. The van der Waals surface area contributed by atoms with Gasteiger partial charge in [-0.25, -0.2) is 4.98 Å². The number of hydrogen-bond donors (Lipinski definition) is 2. The molecule has 1 fully saturated rings. The number of nitrogens with zero attached hydrogens (tertiary/aromatic N) is 1. The summed E-state index contributed by atoms with van der Waals surface area (Å²) >= 11 is 0. The van der Waals surface area contributed by atoms with Crippen LogP contribution in [0.3, 0.4) is 0 Å². The van der Waals surface area contributed by atoms with E-state index in [1.165, 1.54) is 12.0 Å². The van der Waals surface area contributed by atoms with Crippen molar-refractivity contribution in [2.24, 2.45) is 5.92 Å². The first kappa shape index (κ1) is 14.8. The molecule has 1 aromatic carbocycles. The number of nitrogens with one attached hydrogen (secondary N) is 2. The lowest BCUT2D eigenvalue weighted by Gasteiger charge is -2.24. The van der Waals surface area contributed by atoms with E-state index in [-0.39, 0.29) is 11.8 Å². The first-order valence-corrected chi connectivity index (χ1v) is 8.03. The van der Waals surface area contributed by atoms with Crippen molar-refractivity contribution in [1.29, 1.82) is 0 Å². The van der Waals surface area contributed by atoms with Crippen LogP contribution in [0.4, 0.5) is 5.82 Å². The van der Waals surface area contributed by atoms with Gasteiger partial charge >= 0.3 is 0 Å². The molecule has 4 nitrogen and oxygen atoms in total. The van der Waals surface area contributed by atoms with Crippen LogP contribution in [0, 0.1) is 19.8 Å². The molecular formula is C18H23N3O. The third-order valence-electron chi connectivity index (χ3n) is 4.36. The molecule has 0 radical (unpaired) electrons. The van der Waals surface area contributed by atoms with Gasteiger partial charge in [0, 0.05) is 24.4 Å². The van der Waals surface area contributed by atoms with Crippen molar-refractivity contribution in [1.82, 2.24) is 10.3 Å². The number of aromatic nitrogens is 1. The molecule has 0 aliphatic heterocycles. The molecule has 1 aliphatic rings. The van der Waals surface area contributed by atoms with E-state index >= 15 is 0 Å². The highest BCUT2D eigenvalue weighted by Gasteiger charge is 2.24. The van der Waals surface area contributed by atoms with Gasteiger partial charge in [0.15, 0.2) is 0 Å². The first-order chi connectivity index (χ1) is 10.6. The molecule has 1 amide bonds. The highest BCUT2D eigenvalue weighted by molar-refractivity contribution is 5.82. The lowest BCUT2D eigenvalue weighted by molar-refractivity contribution is -0.127. The molecule has 0 saturated heterocycles. The van der Waals surface area contributed by atoms with E-state index in [0.717, 1.165) is 35.1 Å². The van der Waals surface area contributed by atoms with Crippen LogP contribution < -0.4 is 10.6 Å². The maximum atomic E-state index is 11.8. The Morgan fingerprint density at radius 2 is 2.05 bits per heavy atom. The minimum atomic E-state index is 0.201. The predicted molar refractivity (Wildman–Crippen MR) is 90.1 cm³/mol. The van der Waals surface area contributed by atoms with Crippen molar-refractivity contribution in [3.8, 4) is 0 Å². The molecule has 4 heteroatoms. The van der Waals surface area contributed by atoms with Gasteiger partial charge in [0.05, 0.1) is 5.52 Å². The van der Waals surface area contributed by atoms with Gasteiger partial charge < -0.3 is 10.6 Å². The maximum Gasteiger partial charge on any atom is 0.223 e. The van der Waals surface area contributed by atoms with Crippen LogP contribution in [-0.4, -0.2) is 24.0 Å². The summed E-state index contributed by atoms with van der Waals surface area (Å²) < 4.78 is 0. The van der Waals surface area contributed by atoms with Gasteiger partial charge in [-0.05, 0) is 49.9 Å². The molecule has 0 atom stereocenters. The van der Waals surface area contributed by atoms with E-state index in [2.05, 4.69) is 48.7 Å². The van der Waals surface area contributed by atoms with Crippen LogP contribution in [0.15, 0.2) is 24.3 Å². The Balaban J connectivity index is 1.58. The zero-order valence-corrected chi connectivity index (χ0v) is 13.3. The number of carbonyl (C=O) groups excluding carboxylic acids is 1. The zero-order chi connectivity index (χ0) is 15.5. The largest absolute Gasteiger partial charge is 0.368 e. The average molecular weight is 297 g/mol. The Labute approximate surface area is 131 Å². The molecule has 116 valence electrons. The fourth-order valence-electron chi connectivity index (χ4n) is 2.74. The van der Waals surface area contributed by atoms with Gasteiger partial charge in [-0.15, -0.1) is 0 Å². The van der Waals surface area contributed by atoms with E-state index in [9.17, 15) is 4.79 Å². The minimum Gasteiger partial charge on any atom is -0.368 e. The molecule has 1 aliphatic carbocycles. The molecule has 22 heavy (non-hydrogen) atoms. The van der Waals surface area contributed by atoms with E-state index in [1.54, 1.807) is 0 Å². The monoisotopic (exact) mass is 297 g/mol. The van der Waals surface area contributed by atoms with Crippen molar-refractivity contribution in [2.75, 3.05) is 18.4 Å². The van der Waals surface area contributed by atoms with Gasteiger partial charge in [0.1, 0.15) is 5.82 Å². The summed E-state index contributed by atoms with van der Waals surface area (Å²) in [7, 11) is 0. The molecular weight excluding hydrogens is 274 g/mol. The first-order valence-electron chi connectivity index (χ1n) is 8.03. The summed E-state index contributed by atoms with van der Waals surface area (Å²) in [5.41, 5.74) is 3.34. The number of anilines is 1. The normalized spacial score (nSPS) is 14.6. The predicted octanol–water partition coefficient (Wildman–Crippen LogP) is 3.18. The zero-order valence-electron chi connectivity index (χ0n) is 13.3. The van der Waals surface area contributed by atoms with Gasteiger partial charge in [-0.1, -0.05) is 18.6 Å². The molecule has 0 spiro atoms. The second-order valence-electron chi connectivity index (χ2n) is 6.20. The lowest BCUT2D eigenvalue weighted by Crippen LogP contribution is -2.37. The number of rotatable bonds is 5. The highest BCUT2D eigenvalue weighted by atomic mass is 16.1. The molecule has 2 aromatic rings. The van der Waals surface area contributed by atoms with E-state index in [1.807, 2.05) is 0 Å². The van der Waals surface area contributed by atoms with Crippen molar-refractivity contribution in [3.05, 3.63) is 35.4 Å². The summed E-state index contributed by atoms with van der Waals surface area (Å²) in [4.78, 5) is 16.5. The number of hydrogen-bond acceptors (Lipinski definition) is 3. The highest BCUT2D eigenvalue weighted by Crippen LogP contribution is 2.26. The summed E-state index contributed by atoms with van der Waals surface area (Å²) in [6.07, 6.45) is 3.28. The third-order valence-corrected chi connectivity index (χ3v) is 4.36. The summed E-state index contributed by atoms with van der Waals surface area (Å²) in [6.45, 7) is 5.47. The molecule has 3 rings (SSSR count). The second-order valence-corrected chi connectivity index (χ2v) is 6.20. The SMILES string of the molecule is Cc1ccc2cc(C)c(NCCNC(=O)C3CCC3)nc2c1. The third kappa shape index (κ3) is 3.21. The number of aryl methyl sites for hydroxylation is 2. The fraction of sp³-hybridized carbons (Fsp3) is 0.444. The Hall–Kier alpha value is -2.10. The van der Waals surface area contributed by atoms with Crippen LogP contribution in [0.5, 0.6) is 0 Å². The van der Waals surface area contributed by atoms with Gasteiger partial charge in [0.2, 0.25) is 5.91 Å². The van der Waals surface area contributed by atoms with Crippen LogP contribution >= 0.6 is 0 Å². The fourth-order valence-corrected chi connectivity index (χ4v) is 2.74. The number of fused-ring (bicyclic) bond motifs is 1. The van der Waals surface area contributed by atoms with Gasteiger partial charge in [-0.3, -0.25) is 4.79 Å². The number of amides is 1. The summed E-state index contributed by atoms with van der Waals surface area (Å²) in [5, 5.41) is 7.48. The van der Waals surface area contributed by atoms with E-state index < -0.39 is 0 Å². The molecule has 2 N–H and O–H groups in total. The number of carbonyl (C=O) groups is 1. The van der Waals surface area contributed by atoms with Gasteiger partial charge in [0.25, 0.3) is 0 Å². The van der Waals surface area contributed by atoms with Crippen LogP contribution in [-0.2, 0) is 4.79 Å². The van der Waals surface area contributed by atoms with E-state index in [0.29, 0.717) is 13.1 Å². The van der Waals surface area contributed by atoms with E-state index in [4.69, 9.17) is 4.98 Å². The Kier molecular flexibility index (Phi) is 4.27. The van der Waals surface area contributed by atoms with Crippen LogP contribution in [0.2, 0.25) is 0 Å². The van der Waals surface area contributed by atoms with Crippen LogP contribution in [0.1, 0.15) is 30.4 Å². The Morgan fingerprint density at radius 3 is 2.77 bits per heavy atom. The van der Waals surface area contributed by atoms with Crippen molar-refractivity contribution >= 4 is 22.6 Å². The molecule has 0 bridgehead atoms. The van der Waals surface area contributed by atoms with Crippen molar-refractivity contribution in [3.63, 3.8) is 0 Å². The topological polar surface area (TPSA) is 54.0 Å². The smallest absolute Gasteiger partial charge is 0.223 e.